The molecule has 1 aromatic heterocycles. The molecule has 1 aliphatic rings. The second kappa shape index (κ2) is 10.8. The Hall–Kier alpha value is -3.67. The van der Waals surface area contributed by atoms with Crippen molar-refractivity contribution in [2.45, 2.75) is 71.3 Å². The number of rotatable bonds is 8. The van der Waals surface area contributed by atoms with E-state index in [-0.39, 0.29) is 11.1 Å². The number of ether oxygens (including phenoxy) is 1. The average Bonchev–Trinajstić information content (AvgIpc) is 3.35. The standard InChI is InChI=1S/C31H36N2O4/c1-19(2)28(30(35)36)33-29(34)26-18-24-23(25(32-26)17-20-9-6-7-10-20)11-8-12-27(24)37-22-15-13-21(14-16-22)31(3,4)5/h8,11-16,18,20,28H,1,6-7,9-10,17H2,2-5H3,(H,33,34)(H,35,36)/t28-/m0/s1. The summed E-state index contributed by atoms with van der Waals surface area (Å²) in [6.45, 7) is 11.8. The number of nitrogens with zero attached hydrogens (tertiary/aromatic N) is 1. The van der Waals surface area contributed by atoms with Crippen LogP contribution in [0, 0.1) is 5.92 Å². The van der Waals surface area contributed by atoms with Crippen LogP contribution < -0.4 is 10.1 Å². The van der Waals surface area contributed by atoms with Crippen LogP contribution in [0.2, 0.25) is 0 Å². The molecule has 1 atom stereocenters. The van der Waals surface area contributed by atoms with Crippen LogP contribution in [0.4, 0.5) is 0 Å². The summed E-state index contributed by atoms with van der Waals surface area (Å²) in [7, 11) is 0. The Labute approximate surface area is 218 Å². The highest BCUT2D eigenvalue weighted by Crippen LogP contribution is 2.35. The molecule has 4 rings (SSSR count). The zero-order valence-corrected chi connectivity index (χ0v) is 22.1. The molecule has 6 nitrogen and oxygen atoms in total. The number of aromatic nitrogens is 1. The van der Waals surface area contributed by atoms with E-state index in [9.17, 15) is 14.7 Å². The first-order valence-corrected chi connectivity index (χ1v) is 12.9. The van der Waals surface area contributed by atoms with E-state index in [4.69, 9.17) is 9.72 Å². The quantitative estimate of drug-likeness (QED) is 0.332. The van der Waals surface area contributed by atoms with E-state index in [1.165, 1.54) is 18.4 Å². The van der Waals surface area contributed by atoms with Crippen molar-refractivity contribution in [3.8, 4) is 11.5 Å². The van der Waals surface area contributed by atoms with Gasteiger partial charge in [-0.15, -0.1) is 0 Å². The number of amides is 1. The molecule has 37 heavy (non-hydrogen) atoms. The van der Waals surface area contributed by atoms with Crippen molar-refractivity contribution in [2.75, 3.05) is 0 Å². The number of pyridine rings is 1. The van der Waals surface area contributed by atoms with Crippen molar-refractivity contribution in [3.05, 3.63) is 77.6 Å². The van der Waals surface area contributed by atoms with Crippen molar-refractivity contribution in [3.63, 3.8) is 0 Å². The molecular weight excluding hydrogens is 464 g/mol. The van der Waals surface area contributed by atoms with Crippen molar-refractivity contribution in [1.29, 1.82) is 0 Å². The maximum atomic E-state index is 13.2. The van der Waals surface area contributed by atoms with Crippen LogP contribution in [0.3, 0.4) is 0 Å². The van der Waals surface area contributed by atoms with Crippen LogP contribution in [-0.2, 0) is 16.6 Å². The third-order valence-corrected chi connectivity index (χ3v) is 7.07. The highest BCUT2D eigenvalue weighted by atomic mass is 16.5. The number of benzene rings is 2. The van der Waals surface area contributed by atoms with Crippen LogP contribution in [-0.4, -0.2) is 28.0 Å². The van der Waals surface area contributed by atoms with Crippen LogP contribution in [0.1, 0.15) is 75.1 Å². The Kier molecular flexibility index (Phi) is 7.67. The Morgan fingerprint density at radius 2 is 1.78 bits per heavy atom. The second-order valence-electron chi connectivity index (χ2n) is 11.1. The Morgan fingerprint density at radius 1 is 1.11 bits per heavy atom. The molecule has 1 aliphatic carbocycles. The van der Waals surface area contributed by atoms with E-state index >= 15 is 0 Å². The molecule has 0 aliphatic heterocycles. The fourth-order valence-corrected chi connectivity index (χ4v) is 4.92. The molecule has 1 amide bonds. The van der Waals surface area contributed by atoms with Gasteiger partial charge in [0.2, 0.25) is 0 Å². The minimum absolute atomic E-state index is 0.0403. The molecule has 2 N–H and O–H groups in total. The van der Waals surface area contributed by atoms with Crippen molar-refractivity contribution >= 4 is 22.6 Å². The number of hydrogen-bond donors (Lipinski definition) is 2. The molecule has 2 aromatic carbocycles. The highest BCUT2D eigenvalue weighted by molar-refractivity contribution is 6.00. The van der Waals surface area contributed by atoms with Crippen LogP contribution in [0.15, 0.2) is 60.7 Å². The summed E-state index contributed by atoms with van der Waals surface area (Å²) in [6, 6.07) is 14.4. The maximum Gasteiger partial charge on any atom is 0.330 e. The lowest BCUT2D eigenvalue weighted by Gasteiger charge is -2.19. The van der Waals surface area contributed by atoms with Gasteiger partial charge in [-0.1, -0.05) is 77.3 Å². The molecule has 1 heterocycles. The normalized spacial score (nSPS) is 14.9. The van der Waals surface area contributed by atoms with E-state index < -0.39 is 17.9 Å². The monoisotopic (exact) mass is 500 g/mol. The summed E-state index contributed by atoms with van der Waals surface area (Å²) in [5, 5.41) is 13.8. The molecule has 1 fully saturated rings. The van der Waals surface area contributed by atoms with Gasteiger partial charge in [-0.05, 0) is 60.1 Å². The van der Waals surface area contributed by atoms with E-state index in [0.29, 0.717) is 23.0 Å². The predicted molar refractivity (Wildman–Crippen MR) is 146 cm³/mol. The maximum absolute atomic E-state index is 13.2. The van der Waals surface area contributed by atoms with Gasteiger partial charge >= 0.3 is 5.97 Å². The fourth-order valence-electron chi connectivity index (χ4n) is 4.92. The number of aliphatic carboxylic acids is 1. The summed E-state index contributed by atoms with van der Waals surface area (Å²) >= 11 is 0. The smallest absolute Gasteiger partial charge is 0.330 e. The molecule has 6 heteroatoms. The number of carbonyl (C=O) groups is 2. The summed E-state index contributed by atoms with van der Waals surface area (Å²) in [5.41, 5.74) is 2.61. The Bertz CT molecular complexity index is 1300. The lowest BCUT2D eigenvalue weighted by atomic mass is 9.87. The molecule has 194 valence electrons. The number of nitrogens with one attached hydrogen (secondary N) is 1. The highest BCUT2D eigenvalue weighted by Gasteiger charge is 2.24. The minimum Gasteiger partial charge on any atom is -0.479 e. The van der Waals surface area contributed by atoms with Gasteiger partial charge in [0.05, 0.1) is 0 Å². The van der Waals surface area contributed by atoms with E-state index in [1.54, 1.807) is 13.0 Å². The van der Waals surface area contributed by atoms with Crippen LogP contribution in [0.5, 0.6) is 11.5 Å². The summed E-state index contributed by atoms with van der Waals surface area (Å²) in [4.78, 5) is 29.6. The molecule has 0 saturated heterocycles. The average molecular weight is 501 g/mol. The molecule has 0 spiro atoms. The largest absolute Gasteiger partial charge is 0.479 e. The van der Waals surface area contributed by atoms with Crippen molar-refractivity contribution in [2.24, 2.45) is 5.92 Å². The second-order valence-corrected chi connectivity index (χ2v) is 11.1. The van der Waals surface area contributed by atoms with Crippen LogP contribution >= 0.6 is 0 Å². The summed E-state index contributed by atoms with van der Waals surface area (Å²) < 4.78 is 6.31. The summed E-state index contributed by atoms with van der Waals surface area (Å²) in [6.07, 6.45) is 5.48. The van der Waals surface area contributed by atoms with Crippen molar-refractivity contribution < 1.29 is 19.4 Å². The van der Waals surface area contributed by atoms with Gasteiger partial charge in [0.25, 0.3) is 5.91 Å². The number of carboxylic acids is 1. The molecule has 1 saturated carbocycles. The topological polar surface area (TPSA) is 88.5 Å². The number of carboxylic acid groups (broad SMARTS) is 1. The molecular formula is C31H36N2O4. The lowest BCUT2D eigenvalue weighted by Crippen LogP contribution is -2.41. The lowest BCUT2D eigenvalue weighted by molar-refractivity contribution is -0.138. The zero-order valence-electron chi connectivity index (χ0n) is 22.1. The Morgan fingerprint density at radius 3 is 2.38 bits per heavy atom. The molecule has 0 radical (unpaired) electrons. The molecule has 0 bridgehead atoms. The number of carbonyl (C=O) groups excluding carboxylic acids is 1. The van der Waals surface area contributed by atoms with Gasteiger partial charge < -0.3 is 15.2 Å². The Balaban J connectivity index is 1.74. The fraction of sp³-hybridized carbons (Fsp3) is 0.387. The SMILES string of the molecule is C=C(C)[C@H](NC(=O)c1cc2c(Oc3ccc(C(C)(C)C)cc3)cccc2c(CC2CCCC2)n1)C(=O)O. The first-order valence-electron chi connectivity index (χ1n) is 12.9. The van der Waals surface area contributed by atoms with Gasteiger partial charge in [0, 0.05) is 16.5 Å². The van der Waals surface area contributed by atoms with Gasteiger partial charge in [0.15, 0.2) is 0 Å². The predicted octanol–water partition coefficient (Wildman–Crippen LogP) is 6.82. The minimum atomic E-state index is -1.18. The summed E-state index contributed by atoms with van der Waals surface area (Å²) in [5.74, 6) is 0.143. The zero-order chi connectivity index (χ0) is 26.7. The van der Waals surface area contributed by atoms with E-state index in [2.05, 4.69) is 44.8 Å². The number of hydrogen-bond acceptors (Lipinski definition) is 4. The third kappa shape index (κ3) is 6.19. The molecule has 3 aromatic rings. The van der Waals surface area contributed by atoms with Crippen molar-refractivity contribution in [1.82, 2.24) is 10.3 Å². The van der Waals surface area contributed by atoms with Crippen LogP contribution in [0.25, 0.3) is 10.8 Å². The van der Waals surface area contributed by atoms with Gasteiger partial charge in [-0.25, -0.2) is 9.78 Å². The first kappa shape index (κ1) is 26.4. The van der Waals surface area contributed by atoms with Gasteiger partial charge in [0.1, 0.15) is 23.2 Å². The third-order valence-electron chi connectivity index (χ3n) is 7.07. The van der Waals surface area contributed by atoms with E-state index in [0.717, 1.165) is 35.7 Å². The van der Waals surface area contributed by atoms with Gasteiger partial charge in [-0.3, -0.25) is 4.79 Å². The van der Waals surface area contributed by atoms with Gasteiger partial charge in [-0.2, -0.15) is 0 Å². The first-order chi connectivity index (χ1) is 17.5. The molecule has 0 unspecified atom stereocenters. The van der Waals surface area contributed by atoms with E-state index in [1.807, 2.05) is 30.3 Å². The number of fused-ring (bicyclic) bond motifs is 1.